The number of benzene rings is 1. The van der Waals surface area contributed by atoms with Gasteiger partial charge in [0.1, 0.15) is 0 Å². The number of anilines is 1. The summed E-state index contributed by atoms with van der Waals surface area (Å²) in [6, 6.07) is 7.40. The highest BCUT2D eigenvalue weighted by molar-refractivity contribution is 5.93. The van der Waals surface area contributed by atoms with Gasteiger partial charge in [-0.2, -0.15) is 0 Å². The first-order valence-electron chi connectivity index (χ1n) is 6.70. The molecular weight excluding hydrogens is 256 g/mol. The number of nitrogens with one attached hydrogen (secondary N) is 2. The number of amides is 4. The number of carbonyl (C=O) groups is 2. The Morgan fingerprint density at radius 1 is 1.10 bits per heavy atom. The molecule has 20 heavy (non-hydrogen) atoms. The molecule has 2 rings (SSSR count). The van der Waals surface area contributed by atoms with Crippen molar-refractivity contribution < 1.29 is 9.59 Å². The molecule has 1 aliphatic rings. The lowest BCUT2D eigenvalue weighted by Gasteiger charge is -2.36. The van der Waals surface area contributed by atoms with Gasteiger partial charge in [-0.15, -0.1) is 0 Å². The van der Waals surface area contributed by atoms with Crippen LogP contribution in [0.25, 0.3) is 0 Å². The van der Waals surface area contributed by atoms with Crippen molar-refractivity contribution in [1.29, 1.82) is 0 Å². The smallest absolute Gasteiger partial charge is 0.325 e. The van der Waals surface area contributed by atoms with Crippen molar-refractivity contribution in [3.63, 3.8) is 0 Å². The van der Waals surface area contributed by atoms with E-state index >= 15 is 0 Å². The summed E-state index contributed by atoms with van der Waals surface area (Å²) < 4.78 is 0. The fourth-order valence-corrected chi connectivity index (χ4v) is 2.31. The fourth-order valence-electron chi connectivity index (χ4n) is 2.31. The number of hydrogen-bond acceptors (Lipinski definition) is 3. The Labute approximate surface area is 118 Å². The SMILES string of the molecule is CNC(=O)NC(=O)N1CCN(c2ccccc2C)CC1. The number of aryl methyl sites for hydroxylation is 1. The fraction of sp³-hybridized carbons (Fsp3) is 0.429. The van der Waals surface area contributed by atoms with Crippen molar-refractivity contribution >= 4 is 17.7 Å². The van der Waals surface area contributed by atoms with Gasteiger partial charge in [-0.25, -0.2) is 9.59 Å². The van der Waals surface area contributed by atoms with E-state index in [1.54, 1.807) is 4.90 Å². The molecule has 0 radical (unpaired) electrons. The van der Waals surface area contributed by atoms with Crippen LogP contribution < -0.4 is 15.5 Å². The van der Waals surface area contributed by atoms with E-state index in [0.29, 0.717) is 13.1 Å². The summed E-state index contributed by atoms with van der Waals surface area (Å²) in [5.41, 5.74) is 2.44. The first kappa shape index (κ1) is 14.2. The molecule has 6 heteroatoms. The van der Waals surface area contributed by atoms with Crippen LogP contribution in [-0.4, -0.2) is 50.2 Å². The van der Waals surface area contributed by atoms with Gasteiger partial charge in [0.25, 0.3) is 0 Å². The third-order valence-corrected chi connectivity index (χ3v) is 3.47. The molecule has 1 aromatic carbocycles. The average Bonchev–Trinajstić information content (AvgIpc) is 2.47. The van der Waals surface area contributed by atoms with Crippen LogP contribution in [0.2, 0.25) is 0 Å². The number of carbonyl (C=O) groups excluding carboxylic acids is 2. The number of rotatable bonds is 1. The molecule has 0 saturated carbocycles. The summed E-state index contributed by atoms with van der Waals surface area (Å²) in [5.74, 6) is 0. The Balaban J connectivity index is 1.91. The molecule has 1 heterocycles. The van der Waals surface area contributed by atoms with E-state index in [9.17, 15) is 9.59 Å². The van der Waals surface area contributed by atoms with Crippen molar-refractivity contribution in [2.24, 2.45) is 0 Å². The predicted octanol–water partition coefficient (Wildman–Crippen LogP) is 1.17. The summed E-state index contributed by atoms with van der Waals surface area (Å²) in [6.07, 6.45) is 0. The second-order valence-electron chi connectivity index (χ2n) is 4.77. The van der Waals surface area contributed by atoms with E-state index < -0.39 is 6.03 Å². The molecule has 1 fully saturated rings. The molecule has 1 aliphatic heterocycles. The molecule has 0 bridgehead atoms. The van der Waals surface area contributed by atoms with Crippen LogP contribution in [0.5, 0.6) is 0 Å². The normalized spacial score (nSPS) is 14.9. The molecule has 0 aliphatic carbocycles. The molecule has 0 atom stereocenters. The van der Waals surface area contributed by atoms with E-state index in [1.165, 1.54) is 18.3 Å². The molecule has 0 spiro atoms. The second-order valence-corrected chi connectivity index (χ2v) is 4.77. The highest BCUT2D eigenvalue weighted by Crippen LogP contribution is 2.20. The predicted molar refractivity (Wildman–Crippen MR) is 78.0 cm³/mol. The summed E-state index contributed by atoms with van der Waals surface area (Å²) in [7, 11) is 1.48. The third-order valence-electron chi connectivity index (χ3n) is 3.47. The van der Waals surface area contributed by atoms with Crippen molar-refractivity contribution in [2.75, 3.05) is 38.1 Å². The molecule has 2 N–H and O–H groups in total. The van der Waals surface area contributed by atoms with Crippen LogP contribution in [-0.2, 0) is 0 Å². The Bertz CT molecular complexity index is 496. The van der Waals surface area contributed by atoms with Crippen LogP contribution in [0, 0.1) is 6.92 Å². The molecule has 0 unspecified atom stereocenters. The van der Waals surface area contributed by atoms with Crippen molar-refractivity contribution in [1.82, 2.24) is 15.5 Å². The van der Waals surface area contributed by atoms with E-state index in [0.717, 1.165) is 13.1 Å². The number of para-hydroxylation sites is 1. The van der Waals surface area contributed by atoms with Gasteiger partial charge >= 0.3 is 12.1 Å². The molecule has 4 amide bonds. The van der Waals surface area contributed by atoms with Crippen LogP contribution in [0.1, 0.15) is 5.56 Å². The first-order valence-corrected chi connectivity index (χ1v) is 6.70. The quantitative estimate of drug-likeness (QED) is 0.809. The Hall–Kier alpha value is -2.24. The van der Waals surface area contributed by atoms with Crippen LogP contribution in [0.15, 0.2) is 24.3 Å². The molecule has 6 nitrogen and oxygen atoms in total. The van der Waals surface area contributed by atoms with Gasteiger partial charge in [-0.05, 0) is 18.6 Å². The minimum absolute atomic E-state index is 0.339. The Kier molecular flexibility index (Phi) is 4.45. The summed E-state index contributed by atoms with van der Waals surface area (Å²) in [4.78, 5) is 26.8. The zero-order valence-corrected chi connectivity index (χ0v) is 11.8. The number of hydrogen-bond donors (Lipinski definition) is 2. The number of urea groups is 2. The minimum atomic E-state index is -0.476. The standard InChI is InChI=1S/C14H20N4O2/c1-11-5-3-4-6-12(11)17-7-9-18(10-8-17)14(20)16-13(19)15-2/h3-6H,7-10H2,1-2H3,(H2,15,16,19,20). The van der Waals surface area contributed by atoms with Crippen molar-refractivity contribution in [2.45, 2.75) is 6.92 Å². The molecule has 0 aromatic heterocycles. The van der Waals surface area contributed by atoms with Gasteiger partial charge in [0.05, 0.1) is 0 Å². The maximum atomic E-state index is 11.8. The molecular formula is C14H20N4O2. The van der Waals surface area contributed by atoms with Crippen molar-refractivity contribution in [3.05, 3.63) is 29.8 Å². The van der Waals surface area contributed by atoms with Gasteiger partial charge in [0, 0.05) is 38.9 Å². The van der Waals surface area contributed by atoms with Crippen LogP contribution >= 0.6 is 0 Å². The van der Waals surface area contributed by atoms with Crippen LogP contribution in [0.4, 0.5) is 15.3 Å². The Morgan fingerprint density at radius 3 is 2.35 bits per heavy atom. The topological polar surface area (TPSA) is 64.7 Å². The first-order chi connectivity index (χ1) is 9.61. The average molecular weight is 276 g/mol. The van der Waals surface area contributed by atoms with E-state index in [1.807, 2.05) is 12.1 Å². The van der Waals surface area contributed by atoms with Gasteiger partial charge < -0.3 is 15.1 Å². The number of imide groups is 1. The summed E-state index contributed by atoms with van der Waals surface area (Å²) >= 11 is 0. The van der Waals surface area contributed by atoms with Gasteiger partial charge in [0.2, 0.25) is 0 Å². The zero-order valence-electron chi connectivity index (χ0n) is 11.8. The molecule has 1 aromatic rings. The lowest BCUT2D eigenvalue weighted by Crippen LogP contribution is -2.54. The van der Waals surface area contributed by atoms with Crippen LogP contribution in [0.3, 0.4) is 0 Å². The third kappa shape index (κ3) is 3.20. The summed E-state index contributed by atoms with van der Waals surface area (Å²) in [5, 5.41) is 4.65. The zero-order chi connectivity index (χ0) is 14.5. The molecule has 1 saturated heterocycles. The Morgan fingerprint density at radius 2 is 1.75 bits per heavy atom. The highest BCUT2D eigenvalue weighted by atomic mass is 16.2. The number of nitrogens with zero attached hydrogens (tertiary/aromatic N) is 2. The van der Waals surface area contributed by atoms with Gasteiger partial charge in [-0.3, -0.25) is 5.32 Å². The summed E-state index contributed by atoms with van der Waals surface area (Å²) in [6.45, 7) is 4.84. The highest BCUT2D eigenvalue weighted by Gasteiger charge is 2.22. The largest absolute Gasteiger partial charge is 0.368 e. The van der Waals surface area contributed by atoms with Gasteiger partial charge in [0.15, 0.2) is 0 Å². The number of piperazine rings is 1. The monoisotopic (exact) mass is 276 g/mol. The minimum Gasteiger partial charge on any atom is -0.368 e. The maximum Gasteiger partial charge on any atom is 0.325 e. The molecule has 108 valence electrons. The maximum absolute atomic E-state index is 11.8. The van der Waals surface area contributed by atoms with Crippen molar-refractivity contribution in [3.8, 4) is 0 Å². The second kappa shape index (κ2) is 6.27. The lowest BCUT2D eigenvalue weighted by molar-refractivity contribution is 0.192. The van der Waals surface area contributed by atoms with E-state index in [4.69, 9.17) is 0 Å². The van der Waals surface area contributed by atoms with E-state index in [-0.39, 0.29) is 6.03 Å². The van der Waals surface area contributed by atoms with E-state index in [2.05, 4.69) is 34.6 Å². The van der Waals surface area contributed by atoms with Gasteiger partial charge in [-0.1, -0.05) is 18.2 Å². The lowest BCUT2D eigenvalue weighted by atomic mass is 10.1.